The van der Waals surface area contributed by atoms with E-state index in [0.717, 1.165) is 27.1 Å². The molecule has 3 rings (SSSR count). The van der Waals surface area contributed by atoms with Gasteiger partial charge in [0.05, 0.1) is 23.1 Å². The van der Waals surface area contributed by atoms with E-state index in [9.17, 15) is 13.2 Å². The van der Waals surface area contributed by atoms with Crippen molar-refractivity contribution in [3.05, 3.63) is 65.9 Å². The first-order valence-electron chi connectivity index (χ1n) is 8.44. The molecular formula is C20H21N3O3S. The molecule has 0 fully saturated rings. The second kappa shape index (κ2) is 7.36. The summed E-state index contributed by atoms with van der Waals surface area (Å²) in [4.78, 5) is 16.9. The minimum Gasteiger partial charge on any atom is -0.323 e. The van der Waals surface area contributed by atoms with Crippen molar-refractivity contribution in [2.24, 2.45) is 0 Å². The number of benzene rings is 2. The number of pyridine rings is 1. The Kier molecular flexibility index (Phi) is 5.14. The lowest BCUT2D eigenvalue weighted by Crippen LogP contribution is -2.38. The van der Waals surface area contributed by atoms with Crippen molar-refractivity contribution < 1.29 is 13.2 Å². The van der Waals surface area contributed by atoms with Gasteiger partial charge in [-0.2, -0.15) is 0 Å². The zero-order valence-electron chi connectivity index (χ0n) is 15.4. The van der Waals surface area contributed by atoms with Crippen LogP contribution in [0.25, 0.3) is 10.9 Å². The number of para-hydroxylation sites is 1. The van der Waals surface area contributed by atoms with E-state index in [1.807, 2.05) is 50.2 Å². The monoisotopic (exact) mass is 383 g/mol. The lowest BCUT2D eigenvalue weighted by atomic mass is 10.1. The van der Waals surface area contributed by atoms with Gasteiger partial charge in [0.25, 0.3) is 0 Å². The molecule has 0 aliphatic rings. The number of hydrogen-bond acceptors (Lipinski definition) is 4. The van der Waals surface area contributed by atoms with Gasteiger partial charge < -0.3 is 5.32 Å². The largest absolute Gasteiger partial charge is 0.323 e. The zero-order valence-corrected chi connectivity index (χ0v) is 16.2. The van der Waals surface area contributed by atoms with Gasteiger partial charge in [0.1, 0.15) is 6.54 Å². The van der Waals surface area contributed by atoms with E-state index in [2.05, 4.69) is 10.3 Å². The normalized spacial score (nSPS) is 11.4. The van der Waals surface area contributed by atoms with Crippen LogP contribution < -0.4 is 9.62 Å². The molecule has 0 aliphatic heterocycles. The van der Waals surface area contributed by atoms with E-state index in [0.29, 0.717) is 16.9 Å². The number of fused-ring (bicyclic) bond motifs is 1. The van der Waals surface area contributed by atoms with Crippen molar-refractivity contribution in [2.75, 3.05) is 22.4 Å². The van der Waals surface area contributed by atoms with E-state index in [1.165, 1.54) is 0 Å². The number of rotatable bonds is 5. The topological polar surface area (TPSA) is 79.4 Å². The summed E-state index contributed by atoms with van der Waals surface area (Å²) in [6.07, 6.45) is 2.75. The molecule has 0 aliphatic carbocycles. The fraction of sp³-hybridized carbons (Fsp3) is 0.200. The van der Waals surface area contributed by atoms with Gasteiger partial charge >= 0.3 is 0 Å². The Morgan fingerprint density at radius 2 is 1.85 bits per heavy atom. The van der Waals surface area contributed by atoms with Crippen LogP contribution >= 0.6 is 0 Å². The number of aromatic nitrogens is 1. The van der Waals surface area contributed by atoms with Gasteiger partial charge in [0.15, 0.2) is 0 Å². The minimum atomic E-state index is -3.63. The van der Waals surface area contributed by atoms with Crippen LogP contribution in [0.5, 0.6) is 0 Å². The maximum atomic E-state index is 12.6. The van der Waals surface area contributed by atoms with Crippen LogP contribution in [0.15, 0.2) is 54.7 Å². The third-order valence-corrected chi connectivity index (χ3v) is 5.35. The predicted molar refractivity (Wildman–Crippen MR) is 108 cm³/mol. The number of nitrogens with zero attached hydrogens (tertiary/aromatic N) is 2. The fourth-order valence-corrected chi connectivity index (χ4v) is 3.80. The molecule has 0 saturated heterocycles. The average molecular weight is 383 g/mol. The van der Waals surface area contributed by atoms with E-state index >= 15 is 0 Å². The average Bonchev–Trinajstić information content (AvgIpc) is 2.61. The van der Waals surface area contributed by atoms with Crippen molar-refractivity contribution in [3.63, 3.8) is 0 Å². The summed E-state index contributed by atoms with van der Waals surface area (Å²) in [5.41, 5.74) is 3.41. The first kappa shape index (κ1) is 18.8. The third kappa shape index (κ3) is 4.25. The smallest absolute Gasteiger partial charge is 0.245 e. The molecule has 0 unspecified atom stereocenters. The maximum absolute atomic E-state index is 12.6. The van der Waals surface area contributed by atoms with Crippen LogP contribution in [0.1, 0.15) is 11.1 Å². The fourth-order valence-electron chi connectivity index (χ4n) is 2.89. The quantitative estimate of drug-likeness (QED) is 0.733. The summed E-state index contributed by atoms with van der Waals surface area (Å²) >= 11 is 0. The van der Waals surface area contributed by atoms with Gasteiger partial charge in [-0.25, -0.2) is 8.42 Å². The molecule has 1 amide bonds. The van der Waals surface area contributed by atoms with Crippen molar-refractivity contribution in [1.82, 2.24) is 4.98 Å². The van der Waals surface area contributed by atoms with Gasteiger partial charge in [-0.15, -0.1) is 0 Å². The van der Waals surface area contributed by atoms with Crippen LogP contribution in [-0.2, 0) is 14.8 Å². The van der Waals surface area contributed by atoms with E-state index < -0.39 is 15.9 Å². The Hall–Kier alpha value is -2.93. The molecule has 6 nitrogen and oxygen atoms in total. The molecule has 1 heterocycles. The highest BCUT2D eigenvalue weighted by molar-refractivity contribution is 7.92. The first-order valence-corrected chi connectivity index (χ1v) is 10.3. The van der Waals surface area contributed by atoms with Crippen molar-refractivity contribution in [1.29, 1.82) is 0 Å². The summed E-state index contributed by atoms with van der Waals surface area (Å²) < 4.78 is 25.8. The lowest BCUT2D eigenvalue weighted by molar-refractivity contribution is -0.114. The number of anilines is 2. The van der Waals surface area contributed by atoms with Crippen LogP contribution in [0.3, 0.4) is 0 Å². The molecule has 0 atom stereocenters. The van der Waals surface area contributed by atoms with E-state index in [1.54, 1.807) is 18.3 Å². The second-order valence-electron chi connectivity index (χ2n) is 6.49. The number of carbonyl (C=O) groups excluding carboxylic acids is 1. The molecule has 140 valence electrons. The molecule has 1 N–H and O–H groups in total. The lowest BCUT2D eigenvalue weighted by Gasteiger charge is -2.24. The first-order chi connectivity index (χ1) is 12.8. The predicted octanol–water partition coefficient (Wildman–Crippen LogP) is 3.26. The number of carbonyl (C=O) groups is 1. The molecule has 0 saturated carbocycles. The van der Waals surface area contributed by atoms with Crippen LogP contribution in [0.4, 0.5) is 11.4 Å². The number of nitrogens with one attached hydrogen (secondary N) is 1. The molecule has 1 aromatic heterocycles. The summed E-state index contributed by atoms with van der Waals surface area (Å²) in [7, 11) is -3.63. The summed E-state index contributed by atoms with van der Waals surface area (Å²) in [5, 5.41) is 3.68. The van der Waals surface area contributed by atoms with Gasteiger partial charge in [0.2, 0.25) is 15.9 Å². The van der Waals surface area contributed by atoms with E-state index in [4.69, 9.17) is 0 Å². The molecule has 7 heteroatoms. The Labute approximate surface area is 158 Å². The molecular weight excluding hydrogens is 362 g/mol. The molecule has 3 aromatic rings. The van der Waals surface area contributed by atoms with Crippen molar-refractivity contribution in [3.8, 4) is 0 Å². The summed E-state index contributed by atoms with van der Waals surface area (Å²) in [6.45, 7) is 3.39. The van der Waals surface area contributed by atoms with E-state index in [-0.39, 0.29) is 6.54 Å². The number of amides is 1. The molecule has 27 heavy (non-hydrogen) atoms. The highest BCUT2D eigenvalue weighted by Crippen LogP contribution is 2.25. The number of sulfonamides is 1. The van der Waals surface area contributed by atoms with Gasteiger partial charge in [-0.1, -0.05) is 30.3 Å². The standard InChI is InChI=1S/C20H21N3O3S/c1-14-9-10-15(2)18(12-14)23(27(3,25)26)13-19(24)22-17-8-4-6-16-7-5-11-21-20(16)17/h4-12H,13H2,1-3H3,(H,22,24). The van der Waals surface area contributed by atoms with Crippen LogP contribution in [0, 0.1) is 13.8 Å². The van der Waals surface area contributed by atoms with Crippen molar-refractivity contribution in [2.45, 2.75) is 13.8 Å². The molecule has 0 bridgehead atoms. The van der Waals surface area contributed by atoms with Crippen LogP contribution in [-0.4, -0.2) is 32.1 Å². The third-order valence-electron chi connectivity index (χ3n) is 4.23. The van der Waals surface area contributed by atoms with Crippen molar-refractivity contribution >= 4 is 38.2 Å². The molecule has 2 aromatic carbocycles. The minimum absolute atomic E-state index is 0.313. The summed E-state index contributed by atoms with van der Waals surface area (Å²) in [5.74, 6) is -0.431. The Balaban J connectivity index is 1.90. The van der Waals surface area contributed by atoms with Gasteiger partial charge in [-0.05, 0) is 43.2 Å². The summed E-state index contributed by atoms with van der Waals surface area (Å²) in [6, 6.07) is 14.7. The highest BCUT2D eigenvalue weighted by Gasteiger charge is 2.23. The number of hydrogen-bond donors (Lipinski definition) is 1. The number of aryl methyl sites for hydroxylation is 2. The Morgan fingerprint density at radius 1 is 1.11 bits per heavy atom. The van der Waals surface area contributed by atoms with Gasteiger partial charge in [0, 0.05) is 11.6 Å². The maximum Gasteiger partial charge on any atom is 0.245 e. The molecule has 0 spiro atoms. The Bertz CT molecular complexity index is 1110. The molecule has 0 radical (unpaired) electrons. The SMILES string of the molecule is Cc1ccc(C)c(N(CC(=O)Nc2cccc3cccnc23)S(C)(=O)=O)c1. The highest BCUT2D eigenvalue weighted by atomic mass is 32.2. The zero-order chi connectivity index (χ0) is 19.6. The Morgan fingerprint density at radius 3 is 2.59 bits per heavy atom. The second-order valence-corrected chi connectivity index (χ2v) is 8.40. The van der Waals surface area contributed by atoms with Crippen LogP contribution in [0.2, 0.25) is 0 Å². The van der Waals surface area contributed by atoms with Gasteiger partial charge in [-0.3, -0.25) is 14.1 Å².